The highest BCUT2D eigenvalue weighted by Crippen LogP contribution is 2.38. The molecule has 0 amide bonds. The Hall–Kier alpha value is -0.730. The molecule has 1 unspecified atom stereocenters. The molecule has 1 aliphatic rings. The monoisotopic (exact) mass is 281 g/mol. The fourth-order valence-corrected chi connectivity index (χ4v) is 2.88. The zero-order valence-electron chi connectivity index (χ0n) is 12.2. The number of methoxy groups -OCH3 is 1. The van der Waals surface area contributed by atoms with Gasteiger partial charge in [0.25, 0.3) is 0 Å². The number of hydrogen-bond acceptors (Lipinski definition) is 2. The number of rotatable bonds is 7. The normalized spacial score (nSPS) is 16.4. The molecule has 106 valence electrons. The van der Waals surface area contributed by atoms with Crippen LogP contribution >= 0.6 is 11.6 Å². The molecule has 1 fully saturated rings. The van der Waals surface area contributed by atoms with E-state index in [1.54, 1.807) is 7.11 Å². The lowest BCUT2D eigenvalue weighted by Gasteiger charge is -2.33. The Morgan fingerprint density at radius 2 is 2.16 bits per heavy atom. The van der Waals surface area contributed by atoms with Crippen LogP contribution in [0.1, 0.15) is 30.9 Å². The van der Waals surface area contributed by atoms with Crippen LogP contribution in [0.5, 0.6) is 0 Å². The molecule has 0 aliphatic heterocycles. The number of aryl methyl sites for hydroxylation is 1. The van der Waals surface area contributed by atoms with Crippen molar-refractivity contribution in [2.45, 2.75) is 38.6 Å². The maximum atomic E-state index is 6.12. The molecule has 2 rings (SSSR count). The average Bonchev–Trinajstić information content (AvgIpc) is 3.24. The second kappa shape index (κ2) is 6.62. The Morgan fingerprint density at radius 1 is 1.42 bits per heavy atom. The Kier molecular flexibility index (Phi) is 5.12. The summed E-state index contributed by atoms with van der Waals surface area (Å²) in [5.41, 5.74) is 3.77. The van der Waals surface area contributed by atoms with Crippen LogP contribution in [-0.4, -0.2) is 26.3 Å². The topological polar surface area (TPSA) is 12.5 Å². The lowest BCUT2D eigenvalue weighted by molar-refractivity contribution is 0.202. The molecule has 1 saturated carbocycles. The third kappa shape index (κ3) is 3.64. The van der Waals surface area contributed by atoms with Crippen LogP contribution in [0.3, 0.4) is 0 Å². The van der Waals surface area contributed by atoms with Crippen LogP contribution in [0, 0.1) is 12.8 Å². The van der Waals surface area contributed by atoms with Crippen LogP contribution in [0.4, 0.5) is 5.69 Å². The van der Waals surface area contributed by atoms with Crippen molar-refractivity contribution < 1.29 is 4.74 Å². The van der Waals surface area contributed by atoms with Crippen molar-refractivity contribution >= 4 is 17.3 Å². The first-order valence-corrected chi connectivity index (χ1v) is 7.62. The molecular formula is C16H24ClNO. The van der Waals surface area contributed by atoms with Gasteiger partial charge in [-0.2, -0.15) is 0 Å². The van der Waals surface area contributed by atoms with Gasteiger partial charge in [-0.25, -0.2) is 0 Å². The largest absolute Gasteiger partial charge is 0.383 e. The summed E-state index contributed by atoms with van der Waals surface area (Å²) in [5, 5.41) is 0. The molecule has 0 radical (unpaired) electrons. The summed E-state index contributed by atoms with van der Waals surface area (Å²) in [7, 11) is 1.76. The summed E-state index contributed by atoms with van der Waals surface area (Å²) in [6.45, 7) is 6.13. The van der Waals surface area contributed by atoms with Crippen molar-refractivity contribution in [1.82, 2.24) is 0 Å². The van der Waals surface area contributed by atoms with Crippen molar-refractivity contribution in [2.24, 2.45) is 5.92 Å². The van der Waals surface area contributed by atoms with E-state index in [0.29, 0.717) is 11.9 Å². The lowest BCUT2D eigenvalue weighted by atomic mass is 10.1. The van der Waals surface area contributed by atoms with Crippen molar-refractivity contribution in [2.75, 3.05) is 25.2 Å². The zero-order valence-corrected chi connectivity index (χ0v) is 12.9. The molecule has 3 heteroatoms. The SMILES string of the molecule is COCCN(c1ccc(C)cc1CCl)C(C)C1CC1. The molecule has 0 spiro atoms. The van der Waals surface area contributed by atoms with Gasteiger partial charge in [0.05, 0.1) is 6.61 Å². The van der Waals surface area contributed by atoms with Crippen LogP contribution in [0.15, 0.2) is 18.2 Å². The standard InChI is InChI=1S/C16H24ClNO/c1-12-4-7-16(15(10-12)11-17)18(8-9-19-3)13(2)14-5-6-14/h4,7,10,13-14H,5-6,8-9,11H2,1-3H3. The Morgan fingerprint density at radius 3 is 2.74 bits per heavy atom. The van der Waals surface area contributed by atoms with Gasteiger partial charge < -0.3 is 9.64 Å². The van der Waals surface area contributed by atoms with Crippen LogP contribution in [0.2, 0.25) is 0 Å². The predicted octanol–water partition coefficient (Wildman–Crippen LogP) is 3.99. The molecular weight excluding hydrogens is 258 g/mol. The number of ether oxygens (including phenoxy) is 1. The van der Waals surface area contributed by atoms with Gasteiger partial charge in [0.1, 0.15) is 0 Å². The van der Waals surface area contributed by atoms with E-state index in [4.69, 9.17) is 16.3 Å². The molecule has 1 aromatic carbocycles. The minimum absolute atomic E-state index is 0.567. The highest BCUT2D eigenvalue weighted by molar-refractivity contribution is 6.17. The predicted molar refractivity (Wildman–Crippen MR) is 82.1 cm³/mol. The first-order valence-electron chi connectivity index (χ1n) is 7.08. The number of nitrogens with zero attached hydrogens (tertiary/aromatic N) is 1. The van der Waals surface area contributed by atoms with E-state index >= 15 is 0 Å². The average molecular weight is 282 g/mol. The molecule has 0 aromatic heterocycles. The van der Waals surface area contributed by atoms with E-state index in [1.165, 1.54) is 29.7 Å². The van der Waals surface area contributed by atoms with E-state index in [-0.39, 0.29) is 0 Å². The molecule has 1 atom stereocenters. The van der Waals surface area contributed by atoms with Gasteiger partial charge in [-0.1, -0.05) is 17.7 Å². The van der Waals surface area contributed by atoms with Crippen molar-refractivity contribution in [3.63, 3.8) is 0 Å². The Bertz CT molecular complexity index is 417. The number of hydrogen-bond donors (Lipinski definition) is 0. The van der Waals surface area contributed by atoms with E-state index < -0.39 is 0 Å². The first-order chi connectivity index (χ1) is 9.17. The molecule has 0 saturated heterocycles. The summed E-state index contributed by atoms with van der Waals surface area (Å²) in [6, 6.07) is 7.15. The van der Waals surface area contributed by atoms with E-state index in [0.717, 1.165) is 19.1 Å². The Balaban J connectivity index is 2.25. The minimum Gasteiger partial charge on any atom is -0.383 e. The van der Waals surface area contributed by atoms with Crippen LogP contribution < -0.4 is 4.90 Å². The van der Waals surface area contributed by atoms with Gasteiger partial charge in [0, 0.05) is 31.3 Å². The molecule has 2 nitrogen and oxygen atoms in total. The van der Waals surface area contributed by atoms with Gasteiger partial charge >= 0.3 is 0 Å². The molecule has 1 aromatic rings. The fourth-order valence-electron chi connectivity index (χ4n) is 2.67. The maximum absolute atomic E-state index is 6.12. The Labute approximate surface area is 121 Å². The highest BCUT2D eigenvalue weighted by Gasteiger charge is 2.32. The number of benzene rings is 1. The van der Waals surface area contributed by atoms with E-state index in [1.807, 2.05) is 0 Å². The van der Waals surface area contributed by atoms with E-state index in [9.17, 15) is 0 Å². The van der Waals surface area contributed by atoms with Crippen molar-refractivity contribution in [3.05, 3.63) is 29.3 Å². The van der Waals surface area contributed by atoms with Gasteiger partial charge in [-0.05, 0) is 44.2 Å². The van der Waals surface area contributed by atoms with Gasteiger partial charge in [-0.3, -0.25) is 0 Å². The third-order valence-corrected chi connectivity index (χ3v) is 4.31. The van der Waals surface area contributed by atoms with Crippen molar-refractivity contribution in [3.8, 4) is 0 Å². The zero-order chi connectivity index (χ0) is 13.8. The quantitative estimate of drug-likeness (QED) is 0.701. The van der Waals surface area contributed by atoms with Crippen molar-refractivity contribution in [1.29, 1.82) is 0 Å². The lowest BCUT2D eigenvalue weighted by Crippen LogP contribution is -2.37. The second-order valence-electron chi connectivity index (χ2n) is 5.53. The maximum Gasteiger partial charge on any atom is 0.0637 e. The number of halogens is 1. The summed E-state index contributed by atoms with van der Waals surface area (Å²) in [4.78, 5) is 2.47. The molecule has 19 heavy (non-hydrogen) atoms. The van der Waals surface area contributed by atoms with Crippen LogP contribution in [0.25, 0.3) is 0 Å². The third-order valence-electron chi connectivity index (χ3n) is 4.02. The van der Waals surface area contributed by atoms with Gasteiger partial charge in [0.15, 0.2) is 0 Å². The van der Waals surface area contributed by atoms with Gasteiger partial charge in [-0.15, -0.1) is 11.6 Å². The number of anilines is 1. The molecule has 1 aliphatic carbocycles. The smallest absolute Gasteiger partial charge is 0.0637 e. The summed E-state index contributed by atoms with van der Waals surface area (Å²) in [5.74, 6) is 1.40. The minimum atomic E-state index is 0.567. The highest BCUT2D eigenvalue weighted by atomic mass is 35.5. The van der Waals surface area contributed by atoms with Crippen LogP contribution in [-0.2, 0) is 10.6 Å². The molecule has 0 heterocycles. The summed E-state index contributed by atoms with van der Waals surface area (Å²) < 4.78 is 5.27. The number of alkyl halides is 1. The van der Waals surface area contributed by atoms with E-state index in [2.05, 4.69) is 36.9 Å². The summed E-state index contributed by atoms with van der Waals surface area (Å²) in [6.07, 6.45) is 2.71. The first kappa shape index (κ1) is 14.7. The second-order valence-corrected chi connectivity index (χ2v) is 5.80. The van der Waals surface area contributed by atoms with Gasteiger partial charge in [0.2, 0.25) is 0 Å². The fraction of sp³-hybridized carbons (Fsp3) is 0.625. The molecule has 0 N–H and O–H groups in total. The molecule has 0 bridgehead atoms. The summed E-state index contributed by atoms with van der Waals surface area (Å²) >= 11 is 6.12.